The summed E-state index contributed by atoms with van der Waals surface area (Å²) in [6, 6.07) is 12.2. The van der Waals surface area contributed by atoms with Crippen molar-refractivity contribution >= 4 is 54.6 Å². The van der Waals surface area contributed by atoms with E-state index in [0.717, 1.165) is 31.7 Å². The van der Waals surface area contributed by atoms with Crippen molar-refractivity contribution in [1.82, 2.24) is 4.98 Å². The quantitative estimate of drug-likeness (QED) is 0.508. The first kappa shape index (κ1) is 13.5. The maximum Gasteiger partial charge on any atom is 0.121 e. The fourth-order valence-corrected chi connectivity index (χ4v) is 4.26. The fraction of sp³-hybridized carbons (Fsp3) is 0.118. The third kappa shape index (κ3) is 1.90. The van der Waals surface area contributed by atoms with Crippen LogP contribution in [0.3, 0.4) is 0 Å². The van der Waals surface area contributed by atoms with Gasteiger partial charge in [-0.2, -0.15) is 0 Å². The monoisotopic (exact) mass is 327 g/mol. The third-order valence-corrected chi connectivity index (χ3v) is 5.45. The number of benzene rings is 2. The number of nitrogens with one attached hydrogen (secondary N) is 1. The van der Waals surface area contributed by atoms with Gasteiger partial charge in [-0.3, -0.25) is 0 Å². The highest BCUT2D eigenvalue weighted by Gasteiger charge is 2.12. The van der Waals surface area contributed by atoms with E-state index >= 15 is 0 Å². The van der Waals surface area contributed by atoms with Gasteiger partial charge in [-0.25, -0.2) is 0 Å². The molecule has 4 aromatic rings. The van der Waals surface area contributed by atoms with Gasteiger partial charge < -0.3 is 14.5 Å². The molecule has 0 bridgehead atoms. The van der Waals surface area contributed by atoms with Crippen LogP contribution in [0.1, 0.15) is 0 Å². The molecule has 0 saturated heterocycles. The number of pyridine rings is 1. The lowest BCUT2D eigenvalue weighted by molar-refractivity contribution is 0.415. The van der Waals surface area contributed by atoms with Crippen LogP contribution in [0.2, 0.25) is 0 Å². The van der Waals surface area contributed by atoms with Gasteiger partial charge in [0.1, 0.15) is 16.1 Å². The molecule has 5 heteroatoms. The summed E-state index contributed by atoms with van der Waals surface area (Å²) in [4.78, 5) is 3.31. The van der Waals surface area contributed by atoms with Gasteiger partial charge in [0.25, 0.3) is 0 Å². The van der Waals surface area contributed by atoms with Crippen LogP contribution in [0, 0.1) is 4.64 Å². The van der Waals surface area contributed by atoms with Gasteiger partial charge in [0.05, 0.1) is 24.4 Å². The number of thiophene rings is 1. The van der Waals surface area contributed by atoms with Gasteiger partial charge in [-0.1, -0.05) is 12.2 Å². The summed E-state index contributed by atoms with van der Waals surface area (Å²) in [5, 5.41) is 3.56. The van der Waals surface area contributed by atoms with Crippen LogP contribution in [0.4, 0.5) is 0 Å². The molecule has 0 aliphatic carbocycles. The van der Waals surface area contributed by atoms with Crippen molar-refractivity contribution in [2.45, 2.75) is 0 Å². The van der Waals surface area contributed by atoms with Gasteiger partial charge in [0.15, 0.2) is 0 Å². The van der Waals surface area contributed by atoms with Crippen molar-refractivity contribution in [2.24, 2.45) is 0 Å². The number of fused-ring (bicyclic) bond motifs is 5. The van der Waals surface area contributed by atoms with Crippen molar-refractivity contribution < 1.29 is 9.47 Å². The van der Waals surface area contributed by atoms with Crippen LogP contribution in [0.15, 0.2) is 36.4 Å². The van der Waals surface area contributed by atoms with E-state index in [0.29, 0.717) is 0 Å². The van der Waals surface area contributed by atoms with E-state index in [9.17, 15) is 0 Å². The molecule has 4 rings (SSSR count). The summed E-state index contributed by atoms with van der Waals surface area (Å²) < 4.78 is 13.7. The second-order valence-corrected chi connectivity index (χ2v) is 6.49. The van der Waals surface area contributed by atoms with Gasteiger partial charge >= 0.3 is 0 Å². The summed E-state index contributed by atoms with van der Waals surface area (Å²) in [6.07, 6.45) is 0. The highest BCUT2D eigenvalue weighted by molar-refractivity contribution is 7.71. The predicted octanol–water partition coefficient (Wildman–Crippen LogP) is 5.28. The van der Waals surface area contributed by atoms with Crippen LogP contribution < -0.4 is 9.47 Å². The number of H-pyrrole nitrogens is 1. The average molecular weight is 327 g/mol. The second kappa shape index (κ2) is 4.97. The predicted molar refractivity (Wildman–Crippen MR) is 95.1 cm³/mol. The summed E-state index contributed by atoms with van der Waals surface area (Å²) in [5.41, 5.74) is 0.993. The summed E-state index contributed by atoms with van der Waals surface area (Å²) >= 11 is 7.24. The molecule has 110 valence electrons. The van der Waals surface area contributed by atoms with E-state index in [-0.39, 0.29) is 0 Å². The molecule has 0 amide bonds. The fourth-order valence-electron chi connectivity index (χ4n) is 2.78. The van der Waals surface area contributed by atoms with E-state index in [1.165, 1.54) is 15.5 Å². The molecule has 22 heavy (non-hydrogen) atoms. The topological polar surface area (TPSA) is 34.2 Å². The summed E-state index contributed by atoms with van der Waals surface area (Å²) in [7, 11) is 3.35. The number of rotatable bonds is 2. The highest BCUT2D eigenvalue weighted by atomic mass is 32.1. The Morgan fingerprint density at radius 3 is 2.36 bits per heavy atom. The Morgan fingerprint density at radius 2 is 1.64 bits per heavy atom. The third-order valence-electron chi connectivity index (χ3n) is 3.85. The molecule has 1 N–H and O–H groups in total. The lowest BCUT2D eigenvalue weighted by Crippen LogP contribution is -1.86. The molecular formula is C17H13NO2S2. The van der Waals surface area contributed by atoms with E-state index in [4.69, 9.17) is 21.7 Å². The molecule has 2 aromatic carbocycles. The largest absolute Gasteiger partial charge is 0.497 e. The zero-order valence-corrected chi connectivity index (χ0v) is 13.7. The Kier molecular flexibility index (Phi) is 3.06. The molecule has 2 heterocycles. The lowest BCUT2D eigenvalue weighted by atomic mass is 10.1. The van der Waals surface area contributed by atoms with Crippen molar-refractivity contribution in [3.05, 3.63) is 41.0 Å². The van der Waals surface area contributed by atoms with Gasteiger partial charge in [0.2, 0.25) is 0 Å². The first-order valence-electron chi connectivity index (χ1n) is 6.81. The van der Waals surface area contributed by atoms with E-state index in [1.807, 2.05) is 18.2 Å². The SMILES string of the molecule is COc1ccc2c(c1)[nH]c(=S)c1sc3cc(OC)ccc3c12. The molecule has 0 aliphatic rings. The molecular weight excluding hydrogens is 314 g/mol. The van der Waals surface area contributed by atoms with Crippen molar-refractivity contribution in [3.8, 4) is 11.5 Å². The van der Waals surface area contributed by atoms with Crippen LogP contribution in [-0.4, -0.2) is 19.2 Å². The van der Waals surface area contributed by atoms with Gasteiger partial charge in [-0.15, -0.1) is 11.3 Å². The van der Waals surface area contributed by atoms with E-state index in [2.05, 4.69) is 23.2 Å². The smallest absolute Gasteiger partial charge is 0.121 e. The standard InChI is InChI=1S/C17H13NO2S2/c1-19-9-3-5-11-13(7-9)18-17(21)16-15(11)12-6-4-10(20-2)8-14(12)22-16/h3-8H,1-2H3,(H,18,21). The molecule has 0 fully saturated rings. The Balaban J connectivity index is 2.21. The number of hydrogen-bond donors (Lipinski definition) is 1. The normalized spacial score (nSPS) is 11.4. The van der Waals surface area contributed by atoms with Crippen LogP contribution in [0.5, 0.6) is 11.5 Å². The molecule has 0 spiro atoms. The minimum Gasteiger partial charge on any atom is -0.497 e. The lowest BCUT2D eigenvalue weighted by Gasteiger charge is -2.05. The highest BCUT2D eigenvalue weighted by Crippen LogP contribution is 2.40. The minimum absolute atomic E-state index is 0.760. The zero-order chi connectivity index (χ0) is 15.3. The van der Waals surface area contributed by atoms with E-state index in [1.54, 1.807) is 25.6 Å². The molecule has 0 radical (unpaired) electrons. The van der Waals surface area contributed by atoms with Gasteiger partial charge in [-0.05, 0) is 30.3 Å². The number of aromatic amines is 1. The van der Waals surface area contributed by atoms with Gasteiger partial charge in [0, 0.05) is 26.9 Å². The minimum atomic E-state index is 0.760. The van der Waals surface area contributed by atoms with Crippen LogP contribution in [0.25, 0.3) is 31.1 Å². The first-order valence-corrected chi connectivity index (χ1v) is 8.04. The summed E-state index contributed by atoms with van der Waals surface area (Å²) in [5.74, 6) is 1.68. The number of ether oxygens (including phenoxy) is 2. The number of methoxy groups -OCH3 is 2. The Labute approximate surface area is 136 Å². The molecule has 0 unspecified atom stereocenters. The van der Waals surface area contributed by atoms with Crippen LogP contribution >= 0.6 is 23.6 Å². The van der Waals surface area contributed by atoms with Crippen molar-refractivity contribution in [1.29, 1.82) is 0 Å². The number of hydrogen-bond acceptors (Lipinski definition) is 4. The van der Waals surface area contributed by atoms with Crippen molar-refractivity contribution in [3.63, 3.8) is 0 Å². The molecule has 0 atom stereocenters. The maximum absolute atomic E-state index is 5.55. The molecule has 3 nitrogen and oxygen atoms in total. The number of aromatic nitrogens is 1. The van der Waals surface area contributed by atoms with Crippen LogP contribution in [-0.2, 0) is 0 Å². The van der Waals surface area contributed by atoms with E-state index < -0.39 is 0 Å². The Hall–Kier alpha value is -2.11. The Bertz CT molecular complexity index is 1080. The average Bonchev–Trinajstić information content (AvgIpc) is 2.93. The molecule has 0 aliphatic heterocycles. The zero-order valence-electron chi connectivity index (χ0n) is 12.1. The molecule has 2 aromatic heterocycles. The Morgan fingerprint density at radius 1 is 0.955 bits per heavy atom. The first-order chi connectivity index (χ1) is 10.7. The maximum atomic E-state index is 5.55. The molecule has 0 saturated carbocycles. The second-order valence-electron chi connectivity index (χ2n) is 5.03. The summed E-state index contributed by atoms with van der Waals surface area (Å²) in [6.45, 7) is 0. The van der Waals surface area contributed by atoms with Crippen molar-refractivity contribution in [2.75, 3.05) is 14.2 Å².